The Balaban J connectivity index is 2.24. The highest BCUT2D eigenvalue weighted by molar-refractivity contribution is 6.30. The summed E-state index contributed by atoms with van der Waals surface area (Å²) in [6.07, 6.45) is -1.75. The van der Waals surface area contributed by atoms with Gasteiger partial charge in [0.15, 0.2) is 0 Å². The van der Waals surface area contributed by atoms with Crippen molar-refractivity contribution in [2.75, 3.05) is 17.5 Å². The van der Waals surface area contributed by atoms with E-state index in [1.165, 1.54) is 28.9 Å². The highest BCUT2D eigenvalue weighted by Gasteiger charge is 2.60. The van der Waals surface area contributed by atoms with E-state index < -0.39 is 11.6 Å². The van der Waals surface area contributed by atoms with E-state index in [9.17, 15) is 13.2 Å². The summed E-state index contributed by atoms with van der Waals surface area (Å²) in [4.78, 5) is 3.96. The summed E-state index contributed by atoms with van der Waals surface area (Å²) in [5.41, 5.74) is -1.34. The highest BCUT2D eigenvalue weighted by Crippen LogP contribution is 2.56. The first kappa shape index (κ1) is 18.0. The summed E-state index contributed by atoms with van der Waals surface area (Å²) in [7, 11) is 0. The smallest absolute Gasteiger partial charge is 0.315 e. The first-order valence-electron chi connectivity index (χ1n) is 8.06. The lowest BCUT2D eigenvalue weighted by atomic mass is 9.70. The van der Waals surface area contributed by atoms with Gasteiger partial charge < -0.3 is 5.32 Å². The third kappa shape index (κ3) is 2.87. The minimum absolute atomic E-state index is 0.111. The second-order valence-electron chi connectivity index (χ2n) is 6.62. The number of anilines is 2. The number of aromatic nitrogens is 1. The summed E-state index contributed by atoms with van der Waals surface area (Å²) in [6.45, 7) is 4.15. The average molecular weight is 370 g/mol. The number of benzene rings is 1. The Hall–Kier alpha value is -1.79. The molecular weight excluding hydrogens is 351 g/mol. The molecule has 1 aliphatic heterocycles. The number of para-hydroxylation sites is 1. The van der Waals surface area contributed by atoms with E-state index in [1.807, 2.05) is 13.8 Å². The predicted molar refractivity (Wildman–Crippen MR) is 93.2 cm³/mol. The van der Waals surface area contributed by atoms with Gasteiger partial charge in [-0.2, -0.15) is 13.2 Å². The van der Waals surface area contributed by atoms with Gasteiger partial charge >= 0.3 is 6.18 Å². The van der Waals surface area contributed by atoms with E-state index in [0.29, 0.717) is 12.2 Å². The molecule has 2 aromatic rings. The molecule has 25 heavy (non-hydrogen) atoms. The lowest BCUT2D eigenvalue weighted by molar-refractivity contribution is -0.177. The zero-order valence-corrected chi connectivity index (χ0v) is 14.7. The van der Waals surface area contributed by atoms with Crippen molar-refractivity contribution in [3.05, 3.63) is 53.9 Å². The molecule has 3 rings (SSSR count). The topological polar surface area (TPSA) is 28.2 Å². The van der Waals surface area contributed by atoms with Gasteiger partial charge in [0.25, 0.3) is 0 Å². The lowest BCUT2D eigenvalue weighted by Gasteiger charge is -2.44. The van der Waals surface area contributed by atoms with Crippen LogP contribution in [0.2, 0.25) is 0 Å². The number of rotatable bonds is 4. The van der Waals surface area contributed by atoms with Crippen LogP contribution in [0.4, 0.5) is 24.5 Å². The van der Waals surface area contributed by atoms with Crippen LogP contribution in [0.15, 0.2) is 42.7 Å². The van der Waals surface area contributed by atoms with Crippen LogP contribution < -0.4 is 9.74 Å². The van der Waals surface area contributed by atoms with E-state index >= 15 is 0 Å². The number of pyridine rings is 1. The first-order valence-corrected chi connectivity index (χ1v) is 8.40. The SMILES string of the molecule is CC(C)CNCC1(C(F)(F)F)c2ccccc2N(Cl)c2cnccc21. The number of fused-ring (bicyclic) bond motifs is 2. The Morgan fingerprint density at radius 1 is 1.16 bits per heavy atom. The average Bonchev–Trinajstić information content (AvgIpc) is 2.56. The molecule has 0 saturated heterocycles. The summed E-state index contributed by atoms with van der Waals surface area (Å²) >= 11 is 6.35. The minimum Gasteiger partial charge on any atom is -0.315 e. The van der Waals surface area contributed by atoms with E-state index in [-0.39, 0.29) is 29.3 Å². The fraction of sp³-hybridized carbons (Fsp3) is 0.389. The van der Waals surface area contributed by atoms with Gasteiger partial charge in [-0.25, -0.2) is 0 Å². The van der Waals surface area contributed by atoms with Crippen LogP contribution in [0.25, 0.3) is 0 Å². The molecule has 0 amide bonds. The van der Waals surface area contributed by atoms with Crippen molar-refractivity contribution >= 4 is 23.2 Å². The maximum absolute atomic E-state index is 14.5. The Bertz CT molecular complexity index is 714. The molecule has 1 atom stereocenters. The Morgan fingerprint density at radius 2 is 1.84 bits per heavy atom. The van der Waals surface area contributed by atoms with Crippen molar-refractivity contribution in [3.63, 3.8) is 0 Å². The van der Waals surface area contributed by atoms with Crippen molar-refractivity contribution < 1.29 is 13.2 Å². The molecule has 1 aliphatic rings. The van der Waals surface area contributed by atoms with Crippen molar-refractivity contribution in [3.8, 4) is 0 Å². The predicted octanol–water partition coefficient (Wildman–Crippen LogP) is 4.78. The fourth-order valence-electron chi connectivity index (χ4n) is 3.33. The molecule has 0 radical (unpaired) electrons. The van der Waals surface area contributed by atoms with Gasteiger partial charge in [0.1, 0.15) is 5.41 Å². The number of halogens is 4. The summed E-state index contributed by atoms with van der Waals surface area (Å²) in [6, 6.07) is 7.79. The van der Waals surface area contributed by atoms with Crippen LogP contribution in [0.5, 0.6) is 0 Å². The van der Waals surface area contributed by atoms with Crippen molar-refractivity contribution in [1.29, 1.82) is 0 Å². The second-order valence-corrected chi connectivity index (χ2v) is 6.96. The van der Waals surface area contributed by atoms with Gasteiger partial charge in [-0.15, -0.1) is 0 Å². The molecule has 0 fully saturated rings. The second kappa shape index (κ2) is 6.50. The number of nitrogens with one attached hydrogen (secondary N) is 1. The third-order valence-corrected chi connectivity index (χ3v) is 4.84. The Morgan fingerprint density at radius 3 is 2.52 bits per heavy atom. The number of hydrogen-bond acceptors (Lipinski definition) is 3. The molecule has 1 unspecified atom stereocenters. The van der Waals surface area contributed by atoms with Crippen LogP contribution in [-0.4, -0.2) is 24.2 Å². The van der Waals surface area contributed by atoms with Gasteiger partial charge in [0.2, 0.25) is 0 Å². The quantitative estimate of drug-likeness (QED) is 0.786. The molecule has 3 nitrogen and oxygen atoms in total. The molecule has 2 heterocycles. The zero-order chi connectivity index (χ0) is 18.2. The molecule has 0 spiro atoms. The Kier molecular flexibility index (Phi) is 4.68. The number of alkyl halides is 3. The molecule has 0 saturated carbocycles. The van der Waals surface area contributed by atoms with Crippen LogP contribution in [0.3, 0.4) is 0 Å². The van der Waals surface area contributed by atoms with Gasteiger partial charge in [-0.1, -0.05) is 32.0 Å². The van der Waals surface area contributed by atoms with Gasteiger partial charge in [0, 0.05) is 30.1 Å². The van der Waals surface area contributed by atoms with Crippen LogP contribution >= 0.6 is 11.8 Å². The minimum atomic E-state index is -4.50. The van der Waals surface area contributed by atoms with Crippen LogP contribution in [0, 0.1) is 5.92 Å². The summed E-state index contributed by atoms with van der Waals surface area (Å²) < 4.78 is 44.7. The number of nitrogens with zero attached hydrogens (tertiary/aromatic N) is 2. The van der Waals surface area contributed by atoms with Crippen LogP contribution in [-0.2, 0) is 5.41 Å². The lowest BCUT2D eigenvalue weighted by Crippen LogP contribution is -2.53. The normalized spacial score (nSPS) is 19.7. The molecule has 0 bridgehead atoms. The highest BCUT2D eigenvalue weighted by atomic mass is 35.5. The van der Waals surface area contributed by atoms with E-state index in [1.54, 1.807) is 18.2 Å². The van der Waals surface area contributed by atoms with E-state index in [2.05, 4.69) is 10.3 Å². The van der Waals surface area contributed by atoms with Crippen molar-refractivity contribution in [1.82, 2.24) is 10.3 Å². The van der Waals surface area contributed by atoms with Crippen molar-refractivity contribution in [2.45, 2.75) is 25.4 Å². The van der Waals surface area contributed by atoms with Crippen LogP contribution in [0.1, 0.15) is 25.0 Å². The largest absolute Gasteiger partial charge is 0.403 e. The number of hydrogen-bond donors (Lipinski definition) is 1. The zero-order valence-electron chi connectivity index (χ0n) is 13.9. The van der Waals surface area contributed by atoms with Gasteiger partial charge in [-0.3, -0.25) is 9.40 Å². The standard InChI is InChI=1S/C18H19ClF3N3/c1-12(2)9-24-11-17(18(20,21)22)13-5-3-4-6-15(13)25(19)16-10-23-8-7-14(16)17/h3-8,10,12,24H,9,11H2,1-2H3. The summed E-state index contributed by atoms with van der Waals surface area (Å²) in [5.74, 6) is 0.241. The van der Waals surface area contributed by atoms with Gasteiger partial charge in [-0.05, 0) is 30.2 Å². The molecule has 0 aliphatic carbocycles. The molecule has 134 valence electrons. The fourth-order valence-corrected chi connectivity index (χ4v) is 3.61. The molecule has 1 aromatic heterocycles. The van der Waals surface area contributed by atoms with E-state index in [0.717, 1.165) is 0 Å². The maximum Gasteiger partial charge on any atom is 0.403 e. The van der Waals surface area contributed by atoms with E-state index in [4.69, 9.17) is 11.8 Å². The monoisotopic (exact) mass is 369 g/mol. The third-order valence-electron chi connectivity index (χ3n) is 4.47. The molecule has 7 heteroatoms. The molecular formula is C18H19ClF3N3. The molecule has 1 N–H and O–H groups in total. The summed E-state index contributed by atoms with van der Waals surface area (Å²) in [5, 5.41) is 3.00. The molecule has 1 aromatic carbocycles. The van der Waals surface area contributed by atoms with Gasteiger partial charge in [0.05, 0.1) is 17.6 Å². The Labute approximate surface area is 149 Å². The first-order chi connectivity index (χ1) is 11.8. The van der Waals surface area contributed by atoms with Crippen molar-refractivity contribution in [2.24, 2.45) is 5.92 Å². The maximum atomic E-state index is 14.5.